The van der Waals surface area contributed by atoms with Crippen LogP contribution in [0.15, 0.2) is 45.6 Å². The van der Waals surface area contributed by atoms with Crippen LogP contribution in [0.1, 0.15) is 33.7 Å². The van der Waals surface area contributed by atoms with Gasteiger partial charge < -0.3 is 14.1 Å². The molecule has 0 bridgehead atoms. The number of nitrogens with one attached hydrogen (secondary N) is 1. The number of fused-ring (bicyclic) bond motifs is 1. The number of aryl methyl sites for hydroxylation is 1. The van der Waals surface area contributed by atoms with E-state index in [1.807, 2.05) is 0 Å². The smallest absolute Gasteiger partial charge is 0.348 e. The number of non-ortho nitro benzene ring substituents is 1. The van der Waals surface area contributed by atoms with Gasteiger partial charge in [-0.05, 0) is 55.8 Å². The van der Waals surface area contributed by atoms with Gasteiger partial charge in [0.15, 0.2) is 0 Å². The van der Waals surface area contributed by atoms with Crippen molar-refractivity contribution in [1.29, 1.82) is 0 Å². The molecule has 0 aliphatic heterocycles. The quantitative estimate of drug-likeness (QED) is 0.253. The molecular formula is C22H17N3O6S. The first-order valence-corrected chi connectivity index (χ1v) is 10.4. The van der Waals surface area contributed by atoms with Crippen molar-refractivity contribution in [3.63, 3.8) is 0 Å². The summed E-state index contributed by atoms with van der Waals surface area (Å²) < 4.78 is 10.8. The number of hydrogen-bond donors (Lipinski definition) is 1. The Bertz CT molecular complexity index is 1410. The molecule has 10 heteroatoms. The minimum Gasteiger partial charge on any atom is -0.462 e. The van der Waals surface area contributed by atoms with E-state index in [9.17, 15) is 19.7 Å². The van der Waals surface area contributed by atoms with Gasteiger partial charge in [0.25, 0.3) is 11.2 Å². The number of rotatable bonds is 6. The first-order valence-electron chi connectivity index (χ1n) is 9.60. The molecule has 4 aromatic rings. The summed E-state index contributed by atoms with van der Waals surface area (Å²) in [6.07, 6.45) is 3.24. The Labute approximate surface area is 185 Å². The number of furan rings is 1. The van der Waals surface area contributed by atoms with Crippen LogP contribution >= 0.6 is 11.3 Å². The van der Waals surface area contributed by atoms with Gasteiger partial charge in [-0.25, -0.2) is 9.78 Å². The van der Waals surface area contributed by atoms with Gasteiger partial charge in [0.1, 0.15) is 27.1 Å². The number of aromatic nitrogens is 2. The van der Waals surface area contributed by atoms with E-state index in [1.54, 1.807) is 50.3 Å². The summed E-state index contributed by atoms with van der Waals surface area (Å²) in [4.78, 5) is 42.9. The van der Waals surface area contributed by atoms with Gasteiger partial charge in [-0.1, -0.05) is 0 Å². The minimum absolute atomic E-state index is 0.000717. The second kappa shape index (κ2) is 8.60. The molecule has 162 valence electrons. The van der Waals surface area contributed by atoms with Crippen molar-refractivity contribution in [2.24, 2.45) is 0 Å². The lowest BCUT2D eigenvalue weighted by molar-refractivity contribution is -0.384. The molecular weight excluding hydrogens is 434 g/mol. The van der Waals surface area contributed by atoms with Crippen molar-refractivity contribution in [2.45, 2.75) is 13.8 Å². The predicted molar refractivity (Wildman–Crippen MR) is 121 cm³/mol. The number of H-pyrrole nitrogens is 1. The number of esters is 1. The zero-order chi connectivity index (χ0) is 22.8. The number of ether oxygens (including phenoxy) is 1. The van der Waals surface area contributed by atoms with Gasteiger partial charge in [0.05, 0.1) is 16.9 Å². The van der Waals surface area contributed by atoms with Crippen LogP contribution < -0.4 is 5.56 Å². The van der Waals surface area contributed by atoms with Crippen molar-refractivity contribution in [2.75, 3.05) is 6.61 Å². The van der Waals surface area contributed by atoms with E-state index < -0.39 is 10.9 Å². The molecule has 0 spiro atoms. The van der Waals surface area contributed by atoms with Crippen molar-refractivity contribution in [1.82, 2.24) is 9.97 Å². The lowest BCUT2D eigenvalue weighted by atomic mass is 10.1. The number of aromatic amines is 1. The minimum atomic E-state index is -0.473. The van der Waals surface area contributed by atoms with E-state index in [1.165, 1.54) is 12.1 Å². The molecule has 0 saturated heterocycles. The Balaban J connectivity index is 1.60. The standard InChI is InChI=1S/C22H17N3O6S/c1-3-30-22(27)19-12(2)18-20(26)23-17(24-21(18)32-19)11-9-15-8-10-16(31-15)13-4-6-14(7-5-13)25(28)29/h4-11H,3H2,1-2H3,(H,23,24,26)/b11-9+. The van der Waals surface area contributed by atoms with Crippen LogP contribution in [0.4, 0.5) is 5.69 Å². The van der Waals surface area contributed by atoms with E-state index in [0.29, 0.717) is 43.6 Å². The van der Waals surface area contributed by atoms with Crippen LogP contribution in [0.25, 0.3) is 33.7 Å². The highest BCUT2D eigenvalue weighted by Crippen LogP contribution is 2.28. The van der Waals surface area contributed by atoms with Gasteiger partial charge >= 0.3 is 5.97 Å². The summed E-state index contributed by atoms with van der Waals surface area (Å²) in [5.74, 6) is 0.895. The van der Waals surface area contributed by atoms with Crippen molar-refractivity contribution in [3.05, 3.63) is 78.9 Å². The van der Waals surface area contributed by atoms with E-state index >= 15 is 0 Å². The molecule has 4 rings (SSSR count). The summed E-state index contributed by atoms with van der Waals surface area (Å²) in [5, 5.41) is 11.1. The highest BCUT2D eigenvalue weighted by atomic mass is 32.1. The maximum atomic E-state index is 12.5. The molecule has 1 N–H and O–H groups in total. The number of benzene rings is 1. The Morgan fingerprint density at radius 2 is 2.00 bits per heavy atom. The molecule has 3 aromatic heterocycles. The second-order valence-corrected chi connectivity index (χ2v) is 7.75. The van der Waals surface area contributed by atoms with E-state index in [2.05, 4.69) is 9.97 Å². The van der Waals surface area contributed by atoms with Crippen molar-refractivity contribution < 1.29 is 18.9 Å². The van der Waals surface area contributed by atoms with Crippen LogP contribution in [0.3, 0.4) is 0 Å². The third kappa shape index (κ3) is 4.08. The van der Waals surface area contributed by atoms with E-state index in [0.717, 1.165) is 11.3 Å². The average molecular weight is 451 g/mol. The molecule has 1 aromatic carbocycles. The summed E-state index contributed by atoms with van der Waals surface area (Å²) in [6.45, 7) is 3.66. The van der Waals surface area contributed by atoms with Crippen molar-refractivity contribution >= 4 is 45.4 Å². The molecule has 0 aliphatic rings. The lowest BCUT2D eigenvalue weighted by Crippen LogP contribution is -2.10. The largest absolute Gasteiger partial charge is 0.462 e. The molecule has 32 heavy (non-hydrogen) atoms. The molecule has 0 radical (unpaired) electrons. The molecule has 0 unspecified atom stereocenters. The van der Waals surface area contributed by atoms with Gasteiger partial charge in [0, 0.05) is 17.7 Å². The zero-order valence-electron chi connectivity index (χ0n) is 17.1. The second-order valence-electron chi connectivity index (χ2n) is 6.75. The van der Waals surface area contributed by atoms with Crippen molar-refractivity contribution in [3.8, 4) is 11.3 Å². The topological polar surface area (TPSA) is 128 Å². The number of nitro groups is 1. The summed E-state index contributed by atoms with van der Waals surface area (Å²) >= 11 is 1.12. The first kappa shape index (κ1) is 21.2. The van der Waals surface area contributed by atoms with Crippen LogP contribution in [0.2, 0.25) is 0 Å². The van der Waals surface area contributed by atoms with Crippen LogP contribution in [0.5, 0.6) is 0 Å². The molecule has 0 aliphatic carbocycles. The Hall–Kier alpha value is -4.05. The van der Waals surface area contributed by atoms with Gasteiger partial charge in [-0.15, -0.1) is 11.3 Å². The Kier molecular flexibility index (Phi) is 5.69. The SMILES string of the molecule is CCOC(=O)c1sc2nc(/C=C/c3ccc(-c4ccc([N+](=O)[O-])cc4)o3)[nH]c(=O)c2c1C. The lowest BCUT2D eigenvalue weighted by Gasteiger charge is -1.98. The molecule has 0 saturated carbocycles. The summed E-state index contributed by atoms with van der Waals surface area (Å²) in [7, 11) is 0. The number of carbonyl (C=O) groups excluding carboxylic acids is 1. The normalized spacial score (nSPS) is 11.3. The van der Waals surface area contributed by atoms with Crippen LogP contribution in [-0.2, 0) is 4.74 Å². The summed E-state index contributed by atoms with van der Waals surface area (Å²) in [6, 6.07) is 9.51. The number of carbonyl (C=O) groups is 1. The maximum absolute atomic E-state index is 12.5. The fraction of sp³-hybridized carbons (Fsp3) is 0.136. The highest BCUT2D eigenvalue weighted by molar-refractivity contribution is 7.20. The van der Waals surface area contributed by atoms with E-state index in [-0.39, 0.29) is 17.9 Å². The van der Waals surface area contributed by atoms with E-state index in [4.69, 9.17) is 9.15 Å². The average Bonchev–Trinajstić information content (AvgIpc) is 3.37. The van der Waals surface area contributed by atoms with Gasteiger partial charge in [-0.2, -0.15) is 0 Å². The Morgan fingerprint density at radius 1 is 1.25 bits per heavy atom. The number of nitro benzene ring substituents is 1. The highest BCUT2D eigenvalue weighted by Gasteiger charge is 2.19. The maximum Gasteiger partial charge on any atom is 0.348 e. The molecule has 0 fully saturated rings. The molecule has 0 amide bonds. The summed E-state index contributed by atoms with van der Waals surface area (Å²) in [5.41, 5.74) is 0.904. The number of hydrogen-bond acceptors (Lipinski definition) is 8. The molecule has 0 atom stereocenters. The monoisotopic (exact) mass is 451 g/mol. The fourth-order valence-electron chi connectivity index (χ4n) is 3.14. The first-order chi connectivity index (χ1) is 15.4. The zero-order valence-corrected chi connectivity index (χ0v) is 17.9. The van der Waals surface area contributed by atoms with Crippen LogP contribution in [-0.4, -0.2) is 27.5 Å². The van der Waals surface area contributed by atoms with Crippen LogP contribution in [0, 0.1) is 17.0 Å². The molecule has 9 nitrogen and oxygen atoms in total. The van der Waals surface area contributed by atoms with Gasteiger partial charge in [-0.3, -0.25) is 14.9 Å². The number of thiophene rings is 1. The molecule has 3 heterocycles. The van der Waals surface area contributed by atoms with Gasteiger partial charge in [0.2, 0.25) is 0 Å². The number of nitrogens with zero attached hydrogens (tertiary/aromatic N) is 2. The predicted octanol–water partition coefficient (Wildman–Crippen LogP) is 4.81. The third-order valence-corrected chi connectivity index (χ3v) is 5.84. The third-order valence-electron chi connectivity index (χ3n) is 4.67. The fourth-order valence-corrected chi connectivity index (χ4v) is 4.22. The Morgan fingerprint density at radius 3 is 2.69 bits per heavy atom.